The summed E-state index contributed by atoms with van der Waals surface area (Å²) < 4.78 is 4.07. The van der Waals surface area contributed by atoms with E-state index in [1.807, 2.05) is 41.1 Å². The van der Waals surface area contributed by atoms with Crippen LogP contribution in [0.2, 0.25) is 0 Å². The standard InChI is InChI=1S/C19H17N7S/c1-12(2)26-15-9-5-3-7-13(15)17-18(26)20-19(23-22-17)27-11-25-16-10-6-4-8-14(16)21-24-25/h3-10,12H,11H2,1-2H3. The molecule has 0 aliphatic rings. The van der Waals surface area contributed by atoms with Crippen molar-refractivity contribution in [1.29, 1.82) is 0 Å². The molecular formula is C19H17N7S. The van der Waals surface area contributed by atoms with Crippen molar-refractivity contribution in [3.63, 3.8) is 0 Å². The number of thioether (sulfide) groups is 1. The zero-order valence-corrected chi connectivity index (χ0v) is 15.8. The minimum atomic E-state index is 0.279. The third kappa shape index (κ3) is 2.64. The number of hydrogen-bond acceptors (Lipinski definition) is 6. The minimum absolute atomic E-state index is 0.279. The molecule has 5 rings (SSSR count). The van der Waals surface area contributed by atoms with Crippen molar-refractivity contribution in [1.82, 2.24) is 34.7 Å². The molecule has 2 aromatic carbocycles. The van der Waals surface area contributed by atoms with Crippen molar-refractivity contribution in [2.75, 3.05) is 0 Å². The van der Waals surface area contributed by atoms with Crippen molar-refractivity contribution < 1.29 is 0 Å². The number of nitrogens with zero attached hydrogens (tertiary/aromatic N) is 7. The minimum Gasteiger partial charge on any atom is -0.321 e. The van der Waals surface area contributed by atoms with Gasteiger partial charge in [0.05, 0.1) is 16.9 Å². The maximum absolute atomic E-state index is 4.80. The summed E-state index contributed by atoms with van der Waals surface area (Å²) in [5.41, 5.74) is 4.72. The molecule has 0 saturated carbocycles. The lowest BCUT2D eigenvalue weighted by atomic mass is 10.2. The van der Waals surface area contributed by atoms with Crippen LogP contribution in [0.15, 0.2) is 53.7 Å². The van der Waals surface area contributed by atoms with Gasteiger partial charge >= 0.3 is 0 Å². The molecule has 0 spiro atoms. The van der Waals surface area contributed by atoms with Gasteiger partial charge in [-0.15, -0.1) is 15.3 Å². The molecule has 5 aromatic rings. The number of fused-ring (bicyclic) bond motifs is 4. The van der Waals surface area contributed by atoms with Crippen LogP contribution in [0.3, 0.4) is 0 Å². The summed E-state index contributed by atoms with van der Waals surface area (Å²) in [6.07, 6.45) is 0. The van der Waals surface area contributed by atoms with Gasteiger partial charge in [-0.25, -0.2) is 9.67 Å². The predicted octanol–water partition coefficient (Wildman–Crippen LogP) is 4.05. The van der Waals surface area contributed by atoms with Crippen LogP contribution >= 0.6 is 11.8 Å². The molecule has 0 radical (unpaired) electrons. The topological polar surface area (TPSA) is 74.3 Å². The van der Waals surface area contributed by atoms with Crippen LogP contribution in [0.1, 0.15) is 19.9 Å². The second-order valence-corrected chi connectivity index (χ2v) is 7.51. The van der Waals surface area contributed by atoms with E-state index in [2.05, 4.69) is 51.1 Å². The SMILES string of the molecule is CC(C)n1c2ccccc2c2nnc(SCn3nnc4ccccc43)nc21. The van der Waals surface area contributed by atoms with Crippen LogP contribution in [-0.4, -0.2) is 34.7 Å². The average Bonchev–Trinajstić information content (AvgIpc) is 3.25. The van der Waals surface area contributed by atoms with E-state index in [9.17, 15) is 0 Å². The van der Waals surface area contributed by atoms with Gasteiger partial charge in [-0.3, -0.25) is 0 Å². The Morgan fingerprint density at radius 2 is 1.70 bits per heavy atom. The lowest BCUT2D eigenvalue weighted by Crippen LogP contribution is -2.04. The molecule has 8 heteroatoms. The maximum atomic E-state index is 4.80. The smallest absolute Gasteiger partial charge is 0.212 e. The summed E-state index contributed by atoms with van der Waals surface area (Å²) in [6.45, 7) is 4.31. The number of rotatable bonds is 4. The Morgan fingerprint density at radius 3 is 2.56 bits per heavy atom. The predicted molar refractivity (Wildman–Crippen MR) is 107 cm³/mol. The molecule has 0 bridgehead atoms. The van der Waals surface area contributed by atoms with Gasteiger partial charge in [0.15, 0.2) is 5.65 Å². The molecule has 3 heterocycles. The highest BCUT2D eigenvalue weighted by molar-refractivity contribution is 7.98. The maximum Gasteiger partial charge on any atom is 0.212 e. The average molecular weight is 375 g/mol. The largest absolute Gasteiger partial charge is 0.321 e. The van der Waals surface area contributed by atoms with Gasteiger partial charge in [0.25, 0.3) is 0 Å². The van der Waals surface area contributed by atoms with E-state index in [0.717, 1.165) is 33.1 Å². The third-order valence-corrected chi connectivity index (χ3v) is 5.35. The van der Waals surface area contributed by atoms with Crippen LogP contribution in [0.5, 0.6) is 0 Å². The Morgan fingerprint density at radius 1 is 0.926 bits per heavy atom. The first-order valence-corrected chi connectivity index (χ1v) is 9.75. The van der Waals surface area contributed by atoms with Crippen LogP contribution < -0.4 is 0 Å². The highest BCUT2D eigenvalue weighted by Gasteiger charge is 2.16. The van der Waals surface area contributed by atoms with Gasteiger partial charge < -0.3 is 4.57 Å². The lowest BCUT2D eigenvalue weighted by Gasteiger charge is -2.10. The summed E-state index contributed by atoms with van der Waals surface area (Å²) in [6, 6.07) is 16.4. The van der Waals surface area contributed by atoms with E-state index < -0.39 is 0 Å². The van der Waals surface area contributed by atoms with Crippen LogP contribution in [0.4, 0.5) is 0 Å². The molecule has 0 unspecified atom stereocenters. The molecule has 0 N–H and O–H groups in total. The monoisotopic (exact) mass is 375 g/mol. The molecule has 0 atom stereocenters. The van der Waals surface area contributed by atoms with E-state index >= 15 is 0 Å². The first-order chi connectivity index (χ1) is 13.2. The summed E-state index contributed by atoms with van der Waals surface area (Å²) in [7, 11) is 0. The lowest BCUT2D eigenvalue weighted by molar-refractivity contribution is 0.632. The van der Waals surface area contributed by atoms with Gasteiger partial charge in [0.1, 0.15) is 11.0 Å². The molecule has 3 aromatic heterocycles. The molecular weight excluding hydrogens is 358 g/mol. The molecule has 7 nitrogen and oxygen atoms in total. The van der Waals surface area contributed by atoms with Gasteiger partial charge in [0.2, 0.25) is 5.16 Å². The van der Waals surface area contributed by atoms with E-state index in [1.54, 1.807) is 0 Å². The fraction of sp³-hybridized carbons (Fsp3) is 0.211. The number of benzene rings is 2. The van der Waals surface area contributed by atoms with Crippen LogP contribution in [0.25, 0.3) is 33.1 Å². The summed E-state index contributed by atoms with van der Waals surface area (Å²) in [4.78, 5) is 4.80. The Balaban J connectivity index is 1.54. The molecule has 0 amide bonds. The van der Waals surface area contributed by atoms with Gasteiger partial charge in [0, 0.05) is 11.4 Å². The molecule has 134 valence electrons. The van der Waals surface area contributed by atoms with Crippen molar-refractivity contribution in [3.8, 4) is 0 Å². The third-order valence-electron chi connectivity index (χ3n) is 4.55. The van der Waals surface area contributed by atoms with Crippen molar-refractivity contribution in [2.24, 2.45) is 0 Å². The van der Waals surface area contributed by atoms with E-state index in [1.165, 1.54) is 11.8 Å². The Bertz CT molecular complexity index is 1270. The van der Waals surface area contributed by atoms with Gasteiger partial charge in [-0.1, -0.05) is 47.3 Å². The second-order valence-electron chi connectivity index (χ2n) is 6.60. The molecule has 0 fully saturated rings. The van der Waals surface area contributed by atoms with E-state index in [0.29, 0.717) is 11.0 Å². The zero-order valence-electron chi connectivity index (χ0n) is 14.9. The first kappa shape index (κ1) is 16.2. The second kappa shape index (κ2) is 6.31. The van der Waals surface area contributed by atoms with Crippen LogP contribution in [0, 0.1) is 0 Å². The normalized spacial score (nSPS) is 12.0. The Labute approximate surface area is 159 Å². The van der Waals surface area contributed by atoms with Crippen molar-refractivity contribution in [2.45, 2.75) is 30.9 Å². The molecule has 0 aliphatic carbocycles. The van der Waals surface area contributed by atoms with Crippen molar-refractivity contribution >= 4 is 44.9 Å². The summed E-state index contributed by atoms with van der Waals surface area (Å²) in [5, 5.41) is 18.9. The van der Waals surface area contributed by atoms with Gasteiger partial charge in [-0.2, -0.15) is 0 Å². The van der Waals surface area contributed by atoms with E-state index in [4.69, 9.17) is 4.98 Å². The van der Waals surface area contributed by atoms with Gasteiger partial charge in [-0.05, 0) is 32.0 Å². The van der Waals surface area contributed by atoms with Crippen molar-refractivity contribution in [3.05, 3.63) is 48.5 Å². The highest BCUT2D eigenvalue weighted by Crippen LogP contribution is 2.30. The molecule has 0 saturated heterocycles. The Kier molecular flexibility index (Phi) is 3.78. The number of aromatic nitrogens is 7. The number of hydrogen-bond donors (Lipinski definition) is 0. The van der Waals surface area contributed by atoms with Crippen LogP contribution in [-0.2, 0) is 5.88 Å². The van der Waals surface area contributed by atoms with E-state index in [-0.39, 0.29) is 6.04 Å². The Hall–Kier alpha value is -3.00. The summed E-state index contributed by atoms with van der Waals surface area (Å²) in [5.74, 6) is 0.579. The zero-order chi connectivity index (χ0) is 18.4. The first-order valence-electron chi connectivity index (χ1n) is 8.77. The molecule has 27 heavy (non-hydrogen) atoms. The fourth-order valence-corrected chi connectivity index (χ4v) is 4.04. The highest BCUT2D eigenvalue weighted by atomic mass is 32.2. The summed E-state index contributed by atoms with van der Waals surface area (Å²) >= 11 is 1.50. The number of para-hydroxylation sites is 2. The molecule has 0 aliphatic heterocycles. The quantitative estimate of drug-likeness (QED) is 0.441. The fourth-order valence-electron chi connectivity index (χ4n) is 3.36.